The van der Waals surface area contributed by atoms with Gasteiger partial charge in [0.15, 0.2) is 11.5 Å². The van der Waals surface area contributed by atoms with Crippen molar-refractivity contribution in [2.24, 2.45) is 0 Å². The summed E-state index contributed by atoms with van der Waals surface area (Å²) in [4.78, 5) is 2.50. The number of benzene rings is 1. The monoisotopic (exact) mass is 219 g/mol. The van der Waals surface area contributed by atoms with Crippen molar-refractivity contribution < 1.29 is 9.47 Å². The van der Waals surface area contributed by atoms with Gasteiger partial charge in [-0.1, -0.05) is 12.1 Å². The molecule has 1 aromatic carbocycles. The lowest BCUT2D eigenvalue weighted by Crippen LogP contribution is -2.54. The highest BCUT2D eigenvalue weighted by molar-refractivity contribution is 5.39. The topological polar surface area (TPSA) is 21.7 Å². The van der Waals surface area contributed by atoms with Crippen molar-refractivity contribution in [1.29, 1.82) is 0 Å². The second-order valence-corrected chi connectivity index (χ2v) is 4.58. The fourth-order valence-corrected chi connectivity index (χ4v) is 2.18. The number of ether oxygens (including phenoxy) is 2. The lowest BCUT2D eigenvalue weighted by atomic mass is 10.1. The molecule has 2 fully saturated rings. The summed E-state index contributed by atoms with van der Waals surface area (Å²) in [7, 11) is 1.68. The molecule has 1 heterocycles. The molecule has 16 heavy (non-hydrogen) atoms. The Labute approximate surface area is 96.0 Å². The Morgan fingerprint density at radius 1 is 1.12 bits per heavy atom. The summed E-state index contributed by atoms with van der Waals surface area (Å²) in [5.74, 6) is 1.69. The van der Waals surface area contributed by atoms with Crippen LogP contribution in [0.4, 0.5) is 0 Å². The van der Waals surface area contributed by atoms with Crippen LogP contribution in [-0.4, -0.2) is 37.2 Å². The van der Waals surface area contributed by atoms with E-state index in [0.717, 1.165) is 30.6 Å². The molecule has 0 unspecified atom stereocenters. The molecule has 86 valence electrons. The Hall–Kier alpha value is -1.22. The highest BCUT2D eigenvalue weighted by Crippen LogP contribution is 2.33. The van der Waals surface area contributed by atoms with Crippen LogP contribution >= 0.6 is 0 Å². The van der Waals surface area contributed by atoms with Crippen LogP contribution in [0.3, 0.4) is 0 Å². The summed E-state index contributed by atoms with van der Waals surface area (Å²) in [6, 6.07) is 8.71. The second-order valence-electron chi connectivity index (χ2n) is 4.58. The minimum Gasteiger partial charge on any atom is -0.493 e. The maximum Gasteiger partial charge on any atom is 0.161 e. The van der Waals surface area contributed by atoms with Crippen molar-refractivity contribution in [2.75, 3.05) is 20.2 Å². The predicted molar refractivity (Wildman–Crippen MR) is 62.0 cm³/mol. The van der Waals surface area contributed by atoms with E-state index in [1.807, 2.05) is 24.3 Å². The first-order valence-electron chi connectivity index (χ1n) is 5.90. The van der Waals surface area contributed by atoms with E-state index in [4.69, 9.17) is 9.47 Å². The molecule has 0 spiro atoms. The van der Waals surface area contributed by atoms with Crippen molar-refractivity contribution in [3.8, 4) is 11.5 Å². The van der Waals surface area contributed by atoms with Crippen LogP contribution in [0.5, 0.6) is 11.5 Å². The predicted octanol–water partition coefficient (Wildman–Crippen LogP) is 1.92. The van der Waals surface area contributed by atoms with Gasteiger partial charge in [-0.3, -0.25) is 4.90 Å². The third kappa shape index (κ3) is 1.87. The summed E-state index contributed by atoms with van der Waals surface area (Å²) in [5, 5.41) is 0. The molecule has 3 heteroatoms. The SMILES string of the molecule is COc1ccccc1OC1CN(C2CC2)C1. The van der Waals surface area contributed by atoms with Gasteiger partial charge in [-0.05, 0) is 25.0 Å². The van der Waals surface area contributed by atoms with Crippen LogP contribution < -0.4 is 9.47 Å². The third-order valence-electron chi connectivity index (χ3n) is 3.30. The molecular weight excluding hydrogens is 202 g/mol. The quantitative estimate of drug-likeness (QED) is 0.772. The summed E-state index contributed by atoms with van der Waals surface area (Å²) in [6.45, 7) is 2.14. The van der Waals surface area contributed by atoms with E-state index in [2.05, 4.69) is 4.90 Å². The second kappa shape index (κ2) is 3.98. The average Bonchev–Trinajstić information content (AvgIpc) is 3.07. The average molecular weight is 219 g/mol. The maximum atomic E-state index is 5.91. The number of methoxy groups -OCH3 is 1. The van der Waals surface area contributed by atoms with Crippen LogP contribution in [0.1, 0.15) is 12.8 Å². The molecule has 1 aromatic rings. The number of likely N-dealkylation sites (tertiary alicyclic amines) is 1. The van der Waals surface area contributed by atoms with Gasteiger partial charge in [0.1, 0.15) is 6.10 Å². The zero-order chi connectivity index (χ0) is 11.0. The van der Waals surface area contributed by atoms with E-state index in [9.17, 15) is 0 Å². The van der Waals surface area contributed by atoms with E-state index in [-0.39, 0.29) is 0 Å². The van der Waals surface area contributed by atoms with Crippen LogP contribution in [0.25, 0.3) is 0 Å². The van der Waals surface area contributed by atoms with Gasteiger partial charge in [-0.25, -0.2) is 0 Å². The fourth-order valence-electron chi connectivity index (χ4n) is 2.18. The first-order valence-corrected chi connectivity index (χ1v) is 5.90. The smallest absolute Gasteiger partial charge is 0.161 e. The van der Waals surface area contributed by atoms with E-state index < -0.39 is 0 Å². The van der Waals surface area contributed by atoms with Gasteiger partial charge in [0.05, 0.1) is 7.11 Å². The molecule has 1 aliphatic carbocycles. The molecule has 1 saturated carbocycles. The number of rotatable bonds is 4. The normalized spacial score (nSPS) is 21.6. The lowest BCUT2D eigenvalue weighted by Gasteiger charge is -2.39. The highest BCUT2D eigenvalue weighted by Gasteiger charge is 2.39. The third-order valence-corrected chi connectivity index (χ3v) is 3.30. The van der Waals surface area contributed by atoms with Crippen molar-refractivity contribution in [1.82, 2.24) is 4.90 Å². The molecule has 3 nitrogen and oxygen atoms in total. The van der Waals surface area contributed by atoms with Gasteiger partial charge in [0.2, 0.25) is 0 Å². The minimum absolute atomic E-state index is 0.344. The lowest BCUT2D eigenvalue weighted by molar-refractivity contribution is 0.0129. The number of hydrogen-bond acceptors (Lipinski definition) is 3. The molecule has 0 bridgehead atoms. The van der Waals surface area contributed by atoms with Gasteiger partial charge in [-0.15, -0.1) is 0 Å². The molecule has 0 aromatic heterocycles. The molecule has 0 atom stereocenters. The summed E-state index contributed by atoms with van der Waals surface area (Å²) in [5.41, 5.74) is 0. The van der Waals surface area contributed by atoms with Crippen LogP contribution in [0.2, 0.25) is 0 Å². The van der Waals surface area contributed by atoms with Gasteiger partial charge in [-0.2, -0.15) is 0 Å². The van der Waals surface area contributed by atoms with Gasteiger partial charge >= 0.3 is 0 Å². The number of nitrogens with zero attached hydrogens (tertiary/aromatic N) is 1. The Balaban J connectivity index is 1.58. The summed E-state index contributed by atoms with van der Waals surface area (Å²) >= 11 is 0. The first-order chi connectivity index (χ1) is 7.86. The molecule has 0 radical (unpaired) electrons. The fraction of sp³-hybridized carbons (Fsp3) is 0.538. The number of hydrogen-bond donors (Lipinski definition) is 0. The Morgan fingerprint density at radius 3 is 2.44 bits per heavy atom. The molecule has 2 aliphatic rings. The molecule has 0 amide bonds. The Kier molecular flexibility index (Phi) is 2.48. The molecule has 3 rings (SSSR count). The van der Waals surface area contributed by atoms with Gasteiger partial charge in [0.25, 0.3) is 0 Å². The maximum absolute atomic E-state index is 5.91. The summed E-state index contributed by atoms with van der Waals surface area (Å²) < 4.78 is 11.2. The van der Waals surface area contributed by atoms with E-state index >= 15 is 0 Å². The van der Waals surface area contributed by atoms with Crippen LogP contribution in [0.15, 0.2) is 24.3 Å². The zero-order valence-electron chi connectivity index (χ0n) is 9.56. The highest BCUT2D eigenvalue weighted by atomic mass is 16.5. The number of para-hydroxylation sites is 2. The van der Waals surface area contributed by atoms with Crippen molar-refractivity contribution in [3.05, 3.63) is 24.3 Å². The van der Waals surface area contributed by atoms with Crippen molar-refractivity contribution in [2.45, 2.75) is 25.0 Å². The summed E-state index contributed by atoms with van der Waals surface area (Å²) in [6.07, 6.45) is 3.10. The first kappa shape index (κ1) is 9.97. The van der Waals surface area contributed by atoms with Crippen LogP contribution in [0, 0.1) is 0 Å². The molecular formula is C13H17NO2. The Bertz CT molecular complexity index is 370. The molecule has 1 aliphatic heterocycles. The minimum atomic E-state index is 0.344. The van der Waals surface area contributed by atoms with Crippen LogP contribution in [-0.2, 0) is 0 Å². The standard InChI is InChI=1S/C13H17NO2/c1-15-12-4-2-3-5-13(12)16-11-8-14(9-11)10-6-7-10/h2-5,10-11H,6-9H2,1H3. The van der Waals surface area contributed by atoms with E-state index in [1.54, 1.807) is 7.11 Å². The zero-order valence-corrected chi connectivity index (χ0v) is 9.56. The largest absolute Gasteiger partial charge is 0.493 e. The van der Waals surface area contributed by atoms with Crippen molar-refractivity contribution in [3.63, 3.8) is 0 Å². The van der Waals surface area contributed by atoms with Crippen molar-refractivity contribution >= 4 is 0 Å². The molecule has 0 N–H and O–H groups in total. The van der Waals surface area contributed by atoms with E-state index in [1.165, 1.54) is 12.8 Å². The van der Waals surface area contributed by atoms with Gasteiger partial charge in [0, 0.05) is 19.1 Å². The van der Waals surface area contributed by atoms with E-state index in [0.29, 0.717) is 6.10 Å². The Morgan fingerprint density at radius 2 is 1.81 bits per heavy atom. The molecule has 1 saturated heterocycles. The van der Waals surface area contributed by atoms with Gasteiger partial charge < -0.3 is 9.47 Å².